The molecular formula is C15H13NO. The van der Waals surface area contributed by atoms with Gasteiger partial charge in [0.25, 0.3) is 0 Å². The summed E-state index contributed by atoms with van der Waals surface area (Å²) in [4.78, 5) is 0. The van der Waals surface area contributed by atoms with Crippen molar-refractivity contribution in [2.24, 2.45) is 0 Å². The summed E-state index contributed by atoms with van der Waals surface area (Å²) < 4.78 is 0. The zero-order chi connectivity index (χ0) is 12.1. The van der Waals surface area contributed by atoms with Crippen LogP contribution in [0.2, 0.25) is 0 Å². The van der Waals surface area contributed by atoms with Gasteiger partial charge in [0, 0.05) is 6.42 Å². The van der Waals surface area contributed by atoms with Crippen LogP contribution in [-0.4, -0.2) is 5.11 Å². The maximum Gasteiger partial charge on any atom is 0.0991 e. The fourth-order valence-corrected chi connectivity index (χ4v) is 1.77. The summed E-state index contributed by atoms with van der Waals surface area (Å²) in [7, 11) is 0. The van der Waals surface area contributed by atoms with E-state index in [2.05, 4.69) is 6.07 Å². The minimum atomic E-state index is -0.564. The molecule has 2 heteroatoms. The molecule has 2 nitrogen and oxygen atoms in total. The zero-order valence-corrected chi connectivity index (χ0v) is 9.38. The van der Waals surface area contributed by atoms with E-state index in [1.807, 2.05) is 36.4 Å². The third kappa shape index (κ3) is 2.93. The van der Waals surface area contributed by atoms with Crippen molar-refractivity contribution in [2.75, 3.05) is 0 Å². The van der Waals surface area contributed by atoms with Crippen molar-refractivity contribution in [3.8, 4) is 6.07 Å². The predicted octanol–water partition coefficient (Wildman–Crippen LogP) is 2.83. The van der Waals surface area contributed by atoms with Crippen LogP contribution in [0.15, 0.2) is 54.6 Å². The SMILES string of the molecule is N#Cc1cccc(C(O)Cc2ccccc2)c1. The lowest BCUT2D eigenvalue weighted by molar-refractivity contribution is 0.178. The molecule has 0 aliphatic heterocycles. The number of hydrogen-bond donors (Lipinski definition) is 1. The Labute approximate surface area is 101 Å². The van der Waals surface area contributed by atoms with E-state index >= 15 is 0 Å². The first-order chi connectivity index (χ1) is 8.29. The monoisotopic (exact) mass is 223 g/mol. The lowest BCUT2D eigenvalue weighted by atomic mass is 10.0. The first-order valence-corrected chi connectivity index (χ1v) is 5.51. The van der Waals surface area contributed by atoms with E-state index in [1.54, 1.807) is 18.2 Å². The number of aliphatic hydroxyl groups excluding tert-OH is 1. The fraction of sp³-hybridized carbons (Fsp3) is 0.133. The average molecular weight is 223 g/mol. The van der Waals surface area contributed by atoms with Crippen LogP contribution >= 0.6 is 0 Å². The second-order valence-corrected chi connectivity index (χ2v) is 3.94. The van der Waals surface area contributed by atoms with Crippen molar-refractivity contribution >= 4 is 0 Å². The van der Waals surface area contributed by atoms with Gasteiger partial charge in [-0.2, -0.15) is 5.26 Å². The number of rotatable bonds is 3. The van der Waals surface area contributed by atoms with E-state index in [-0.39, 0.29) is 0 Å². The molecule has 2 rings (SSSR count). The number of hydrogen-bond acceptors (Lipinski definition) is 2. The van der Waals surface area contributed by atoms with Gasteiger partial charge in [0.2, 0.25) is 0 Å². The van der Waals surface area contributed by atoms with E-state index in [1.165, 1.54) is 0 Å². The Kier molecular flexibility index (Phi) is 3.54. The molecule has 84 valence electrons. The quantitative estimate of drug-likeness (QED) is 0.869. The van der Waals surface area contributed by atoms with Crippen molar-refractivity contribution in [2.45, 2.75) is 12.5 Å². The molecule has 1 unspecified atom stereocenters. The number of nitrogens with zero attached hydrogens (tertiary/aromatic N) is 1. The summed E-state index contributed by atoms with van der Waals surface area (Å²) in [5.74, 6) is 0. The third-order valence-corrected chi connectivity index (χ3v) is 2.67. The Morgan fingerprint density at radius 2 is 1.82 bits per heavy atom. The van der Waals surface area contributed by atoms with E-state index in [9.17, 15) is 5.11 Å². The van der Waals surface area contributed by atoms with Crippen molar-refractivity contribution in [3.63, 3.8) is 0 Å². The van der Waals surface area contributed by atoms with Gasteiger partial charge in [-0.15, -0.1) is 0 Å². The summed E-state index contributed by atoms with van der Waals surface area (Å²) in [5, 5.41) is 18.9. The zero-order valence-electron chi connectivity index (χ0n) is 9.38. The molecule has 1 N–H and O–H groups in total. The van der Waals surface area contributed by atoms with Gasteiger partial charge in [0.1, 0.15) is 0 Å². The van der Waals surface area contributed by atoms with Crippen LogP contribution in [0.4, 0.5) is 0 Å². The fourth-order valence-electron chi connectivity index (χ4n) is 1.77. The molecule has 2 aromatic rings. The molecule has 2 aromatic carbocycles. The van der Waals surface area contributed by atoms with Crippen molar-refractivity contribution < 1.29 is 5.11 Å². The highest BCUT2D eigenvalue weighted by atomic mass is 16.3. The van der Waals surface area contributed by atoms with E-state index in [4.69, 9.17) is 5.26 Å². The van der Waals surface area contributed by atoms with E-state index in [0.717, 1.165) is 11.1 Å². The van der Waals surface area contributed by atoms with Crippen LogP contribution in [0.1, 0.15) is 22.8 Å². The molecule has 0 spiro atoms. The summed E-state index contributed by atoms with van der Waals surface area (Å²) in [6.07, 6.45) is 0.00103. The number of benzene rings is 2. The van der Waals surface area contributed by atoms with Gasteiger partial charge in [-0.3, -0.25) is 0 Å². The highest BCUT2D eigenvalue weighted by Crippen LogP contribution is 2.18. The molecule has 0 heterocycles. The molecule has 1 atom stereocenters. The smallest absolute Gasteiger partial charge is 0.0991 e. The average Bonchev–Trinajstić information content (AvgIpc) is 2.40. The topological polar surface area (TPSA) is 44.0 Å². The molecular weight excluding hydrogens is 210 g/mol. The molecule has 0 saturated heterocycles. The molecule has 0 aliphatic rings. The number of nitriles is 1. The summed E-state index contributed by atoms with van der Waals surface area (Å²) in [6, 6.07) is 19.0. The summed E-state index contributed by atoms with van der Waals surface area (Å²) in [5.41, 5.74) is 2.45. The van der Waals surface area contributed by atoms with Crippen molar-refractivity contribution in [1.29, 1.82) is 5.26 Å². The Balaban J connectivity index is 2.15. The maximum atomic E-state index is 10.1. The van der Waals surface area contributed by atoms with Crippen LogP contribution < -0.4 is 0 Å². The highest BCUT2D eigenvalue weighted by molar-refractivity contribution is 5.34. The lowest BCUT2D eigenvalue weighted by Crippen LogP contribution is -2.01. The van der Waals surface area contributed by atoms with Crippen LogP contribution in [0.3, 0.4) is 0 Å². The third-order valence-electron chi connectivity index (χ3n) is 2.67. The van der Waals surface area contributed by atoms with Crippen LogP contribution in [0.5, 0.6) is 0 Å². The minimum Gasteiger partial charge on any atom is -0.388 e. The molecule has 0 aliphatic carbocycles. The van der Waals surface area contributed by atoms with Crippen LogP contribution in [-0.2, 0) is 6.42 Å². The van der Waals surface area contributed by atoms with Gasteiger partial charge in [-0.25, -0.2) is 0 Å². The Bertz CT molecular complexity index is 528. The Morgan fingerprint density at radius 3 is 2.53 bits per heavy atom. The van der Waals surface area contributed by atoms with Gasteiger partial charge in [-0.1, -0.05) is 42.5 Å². The van der Waals surface area contributed by atoms with Crippen molar-refractivity contribution in [3.05, 3.63) is 71.3 Å². The summed E-state index contributed by atoms with van der Waals surface area (Å²) >= 11 is 0. The Morgan fingerprint density at radius 1 is 1.06 bits per heavy atom. The molecule has 17 heavy (non-hydrogen) atoms. The molecule has 0 radical (unpaired) electrons. The molecule has 0 aromatic heterocycles. The largest absolute Gasteiger partial charge is 0.388 e. The molecule has 0 amide bonds. The second kappa shape index (κ2) is 5.29. The standard InChI is InChI=1S/C15H13NO/c16-11-13-7-4-8-14(9-13)15(17)10-12-5-2-1-3-6-12/h1-9,15,17H,10H2. The summed E-state index contributed by atoms with van der Waals surface area (Å²) in [6.45, 7) is 0. The van der Waals surface area contributed by atoms with E-state index < -0.39 is 6.10 Å². The second-order valence-electron chi connectivity index (χ2n) is 3.94. The van der Waals surface area contributed by atoms with Crippen LogP contribution in [0.25, 0.3) is 0 Å². The molecule has 0 fully saturated rings. The lowest BCUT2D eigenvalue weighted by Gasteiger charge is -2.11. The normalized spacial score (nSPS) is 11.8. The Hall–Kier alpha value is -2.11. The van der Waals surface area contributed by atoms with Crippen molar-refractivity contribution in [1.82, 2.24) is 0 Å². The van der Waals surface area contributed by atoms with Gasteiger partial charge in [0.05, 0.1) is 17.7 Å². The molecule has 0 saturated carbocycles. The minimum absolute atomic E-state index is 0.564. The van der Waals surface area contributed by atoms with Gasteiger partial charge < -0.3 is 5.11 Å². The predicted molar refractivity (Wildman–Crippen MR) is 66.3 cm³/mol. The van der Waals surface area contributed by atoms with Gasteiger partial charge in [-0.05, 0) is 23.3 Å². The maximum absolute atomic E-state index is 10.1. The number of aliphatic hydroxyl groups is 1. The molecule has 0 bridgehead atoms. The van der Waals surface area contributed by atoms with Crippen LogP contribution in [0, 0.1) is 11.3 Å². The van der Waals surface area contributed by atoms with E-state index in [0.29, 0.717) is 12.0 Å². The van der Waals surface area contributed by atoms with Gasteiger partial charge in [0.15, 0.2) is 0 Å². The first-order valence-electron chi connectivity index (χ1n) is 5.51. The van der Waals surface area contributed by atoms with Gasteiger partial charge >= 0.3 is 0 Å². The first kappa shape index (κ1) is 11.4. The highest BCUT2D eigenvalue weighted by Gasteiger charge is 2.08.